The highest BCUT2D eigenvalue weighted by molar-refractivity contribution is 5.98. The number of hydrogen-bond donors (Lipinski definition) is 0. The fourth-order valence-electron chi connectivity index (χ4n) is 1.31. The molecule has 0 unspecified atom stereocenters. The Kier molecular flexibility index (Phi) is 208. The Balaban J connectivity index is -0.0000000230. The number of rotatable bonds is 11. The minimum atomic E-state index is -0.657. The SMILES string of the molecule is C.C.C.C.C.C.C.C.CC(C)=O.CCC.CCC(=O)CC.CCC(=O)CC(=O)CC.CCC(=O)CC(=O)OC.CCC(=O)OC.CCC(C)=O.COC.COC(=O)OC.COC(C)=O. The van der Waals surface area contributed by atoms with Crippen LogP contribution in [0, 0.1) is 0 Å². The first kappa shape index (κ1) is 118. The molecule has 16 heteroatoms. The maximum Gasteiger partial charge on any atom is 0.507 e. The van der Waals surface area contributed by atoms with E-state index in [1.165, 1.54) is 62.7 Å². The number of methoxy groups -OCH3 is 6. The summed E-state index contributed by atoms with van der Waals surface area (Å²) in [5.41, 5.74) is 0. The average Bonchev–Trinajstić information content (AvgIpc) is 3.18. The molecular formula is C48H112O16. The second kappa shape index (κ2) is 112. The van der Waals surface area contributed by atoms with Gasteiger partial charge in [0, 0.05) is 66.1 Å². The number of carbonyl (C=O) groups excluding carboxylic acids is 10. The first-order valence-electron chi connectivity index (χ1n) is 18.2. The van der Waals surface area contributed by atoms with Gasteiger partial charge in [0.15, 0.2) is 0 Å². The highest BCUT2D eigenvalue weighted by atomic mass is 16.7. The van der Waals surface area contributed by atoms with Crippen LogP contribution in [-0.4, -0.2) is 109 Å². The lowest BCUT2D eigenvalue weighted by Gasteiger charge is -1.93. The molecule has 400 valence electrons. The van der Waals surface area contributed by atoms with Crippen LogP contribution in [0.2, 0.25) is 0 Å². The zero-order valence-corrected chi connectivity index (χ0v) is 38.6. The standard InChI is InChI=1S/C7H12O2.C6H10O3.C5H10O.C4H8O2.C4H8O.C3H6O3.C3H6O2.C3H6O.C3H8.C2H6O.8CH4/c1-3-6(8)5-7(9)4-2;1-3-5(7)4-6(8)9-2;1-3-5(6)4-2;1-3-4(5)6-2;1-3-4(2)5;1-5-3(4)6-2;1-3(4)5-2;1-3(2)4;2*1-3-2;;;;;;;;/h3-5H2,1-2H3;3-4H2,1-2H3;3-4H2,1-2H3;3H2,1-2H3;3H2,1-2H3;1-2H3;1-2H3;1-2H3;3H2,1-2H3;1-2H3;8*1H4. The van der Waals surface area contributed by atoms with Crippen molar-refractivity contribution in [3.63, 3.8) is 0 Å². The fourth-order valence-corrected chi connectivity index (χ4v) is 1.31. The Morgan fingerprint density at radius 2 is 0.531 bits per heavy atom. The fraction of sp³-hybridized carbons (Fsp3) is 0.792. The number of ether oxygens (including phenoxy) is 6. The third kappa shape index (κ3) is 242. The van der Waals surface area contributed by atoms with E-state index in [0.717, 1.165) is 0 Å². The average molecular weight is 945 g/mol. The molecule has 16 nitrogen and oxygen atoms in total. The second-order valence-electron chi connectivity index (χ2n) is 10.2. The number of Topliss-reactive ketones (excluding diaryl/α,β-unsaturated/α-hetero) is 6. The molecule has 0 fully saturated rings. The van der Waals surface area contributed by atoms with E-state index < -0.39 is 12.1 Å². The highest BCUT2D eigenvalue weighted by Gasteiger charge is 2.05. The van der Waals surface area contributed by atoms with Gasteiger partial charge in [-0.15, -0.1) is 0 Å². The van der Waals surface area contributed by atoms with Gasteiger partial charge in [-0.25, -0.2) is 4.79 Å². The summed E-state index contributed by atoms with van der Waals surface area (Å²) in [6.45, 7) is 22.9. The summed E-state index contributed by atoms with van der Waals surface area (Å²) in [6, 6.07) is 0. The molecule has 0 atom stereocenters. The van der Waals surface area contributed by atoms with Crippen molar-refractivity contribution in [2.24, 2.45) is 0 Å². The normalized spacial score (nSPS) is 6.75. The lowest BCUT2D eigenvalue weighted by molar-refractivity contribution is -0.143. The summed E-state index contributed by atoms with van der Waals surface area (Å²) >= 11 is 0. The molecule has 0 bridgehead atoms. The van der Waals surface area contributed by atoms with Gasteiger partial charge in [0.1, 0.15) is 41.1 Å². The van der Waals surface area contributed by atoms with Gasteiger partial charge in [0.05, 0.1) is 42.0 Å². The van der Waals surface area contributed by atoms with E-state index >= 15 is 0 Å². The molecule has 0 saturated carbocycles. The van der Waals surface area contributed by atoms with E-state index in [1.807, 2.05) is 20.8 Å². The van der Waals surface area contributed by atoms with Crippen molar-refractivity contribution in [3.8, 4) is 0 Å². The maximum absolute atomic E-state index is 10.6. The van der Waals surface area contributed by atoms with Crippen molar-refractivity contribution in [2.45, 2.75) is 214 Å². The van der Waals surface area contributed by atoms with Gasteiger partial charge in [0.2, 0.25) is 0 Å². The van der Waals surface area contributed by atoms with Crippen LogP contribution in [0.5, 0.6) is 0 Å². The predicted octanol–water partition coefficient (Wildman–Crippen LogP) is 12.7. The first-order valence-corrected chi connectivity index (χ1v) is 18.2. The molecule has 0 aliphatic rings. The number of carbonyl (C=O) groups is 10. The minimum Gasteiger partial charge on any atom is -0.469 e. The lowest BCUT2D eigenvalue weighted by Crippen LogP contribution is -2.07. The minimum absolute atomic E-state index is 0. The van der Waals surface area contributed by atoms with Gasteiger partial charge in [0.25, 0.3) is 0 Å². The monoisotopic (exact) mass is 945 g/mol. The Bertz CT molecular complexity index is 828. The lowest BCUT2D eigenvalue weighted by atomic mass is 10.1. The first-order chi connectivity index (χ1) is 25.9. The molecule has 0 aromatic rings. The van der Waals surface area contributed by atoms with Crippen molar-refractivity contribution in [3.05, 3.63) is 0 Å². The zero-order chi connectivity index (χ0) is 47.1. The predicted molar refractivity (Wildman–Crippen MR) is 272 cm³/mol. The molecule has 0 aliphatic carbocycles. The molecule has 0 N–H and O–H groups in total. The molecule has 0 rings (SSSR count). The van der Waals surface area contributed by atoms with E-state index in [-0.39, 0.29) is 113 Å². The largest absolute Gasteiger partial charge is 0.507 e. The van der Waals surface area contributed by atoms with Crippen molar-refractivity contribution < 1.29 is 76.4 Å². The Hall–Kier alpha value is -4.34. The number of esters is 3. The zero-order valence-electron chi connectivity index (χ0n) is 38.6. The summed E-state index contributed by atoms with van der Waals surface area (Å²) in [5, 5.41) is 0. The number of hydrogen-bond acceptors (Lipinski definition) is 16. The molecule has 64 heavy (non-hydrogen) atoms. The summed E-state index contributed by atoms with van der Waals surface area (Å²) < 4.78 is 25.0. The molecule has 0 spiro atoms. The number of ketones is 6. The van der Waals surface area contributed by atoms with E-state index in [4.69, 9.17) is 0 Å². The highest BCUT2D eigenvalue weighted by Crippen LogP contribution is 1.93. The van der Waals surface area contributed by atoms with E-state index in [1.54, 1.807) is 48.8 Å². The van der Waals surface area contributed by atoms with Crippen LogP contribution in [0.15, 0.2) is 0 Å². The van der Waals surface area contributed by atoms with Gasteiger partial charge in [-0.2, -0.15) is 0 Å². The van der Waals surface area contributed by atoms with Crippen LogP contribution in [0.4, 0.5) is 4.79 Å². The van der Waals surface area contributed by atoms with Crippen LogP contribution in [0.3, 0.4) is 0 Å². The topological polar surface area (TPSA) is 226 Å². The van der Waals surface area contributed by atoms with Crippen LogP contribution in [-0.2, 0) is 71.6 Å². The summed E-state index contributed by atoms with van der Waals surface area (Å²) in [5.74, 6) is -0.0904. The molecule has 0 saturated heterocycles. The van der Waals surface area contributed by atoms with Crippen molar-refractivity contribution in [1.29, 1.82) is 0 Å². The third-order valence-electron chi connectivity index (χ3n) is 4.57. The van der Waals surface area contributed by atoms with Gasteiger partial charge in [-0.1, -0.05) is 128 Å². The maximum atomic E-state index is 10.6. The van der Waals surface area contributed by atoms with Gasteiger partial charge in [-0.05, 0) is 20.8 Å². The summed E-state index contributed by atoms with van der Waals surface area (Å²) in [4.78, 5) is 101. The van der Waals surface area contributed by atoms with Crippen molar-refractivity contribution in [2.75, 3.05) is 49.8 Å². The molecule has 0 heterocycles. The smallest absolute Gasteiger partial charge is 0.469 e. The molecule has 0 radical (unpaired) electrons. The Labute approximate surface area is 397 Å². The quantitative estimate of drug-likeness (QED) is 0.107. The van der Waals surface area contributed by atoms with Gasteiger partial charge in [-0.3, -0.25) is 33.6 Å². The van der Waals surface area contributed by atoms with E-state index in [9.17, 15) is 47.9 Å². The van der Waals surface area contributed by atoms with E-state index in [2.05, 4.69) is 42.3 Å². The van der Waals surface area contributed by atoms with E-state index in [0.29, 0.717) is 50.7 Å². The molecule has 0 amide bonds. The third-order valence-corrected chi connectivity index (χ3v) is 4.57. The van der Waals surface area contributed by atoms with Crippen LogP contribution >= 0.6 is 0 Å². The van der Waals surface area contributed by atoms with Crippen LogP contribution in [0.25, 0.3) is 0 Å². The molecular weight excluding hydrogens is 833 g/mol. The second-order valence-corrected chi connectivity index (χ2v) is 10.2. The summed E-state index contributed by atoms with van der Waals surface area (Å²) in [6.07, 6.45) is 4.51. The van der Waals surface area contributed by atoms with Crippen LogP contribution < -0.4 is 0 Å². The molecule has 0 aromatic carbocycles. The summed E-state index contributed by atoms with van der Waals surface area (Å²) in [7, 11) is 9.76. The molecule has 0 aromatic heterocycles. The van der Waals surface area contributed by atoms with Gasteiger partial charge >= 0.3 is 24.1 Å². The van der Waals surface area contributed by atoms with Crippen LogP contribution in [0.1, 0.15) is 214 Å². The Morgan fingerprint density at radius 1 is 0.328 bits per heavy atom. The Morgan fingerprint density at radius 3 is 0.609 bits per heavy atom. The molecule has 0 aliphatic heterocycles. The van der Waals surface area contributed by atoms with Crippen molar-refractivity contribution >= 4 is 58.8 Å². The van der Waals surface area contributed by atoms with Crippen molar-refractivity contribution in [1.82, 2.24) is 0 Å². The van der Waals surface area contributed by atoms with Gasteiger partial charge < -0.3 is 38.0 Å².